The van der Waals surface area contributed by atoms with Gasteiger partial charge in [0.1, 0.15) is 5.76 Å². The van der Waals surface area contributed by atoms with Crippen molar-refractivity contribution in [3.8, 4) is 11.5 Å². The molecule has 3 aromatic rings. The Morgan fingerprint density at radius 2 is 2.05 bits per heavy atom. The van der Waals surface area contributed by atoms with E-state index in [1.54, 1.807) is 32.9 Å². The van der Waals surface area contributed by atoms with Gasteiger partial charge in [0.2, 0.25) is 5.82 Å². The molecule has 1 N–H and O–H groups in total. The van der Waals surface area contributed by atoms with E-state index < -0.39 is 5.60 Å². The fourth-order valence-corrected chi connectivity index (χ4v) is 2.23. The number of aromatic nitrogens is 5. The van der Waals surface area contributed by atoms with Crippen molar-refractivity contribution in [2.24, 2.45) is 0 Å². The Bertz CT molecular complexity index is 787. The minimum atomic E-state index is -1.11. The lowest BCUT2D eigenvalue weighted by Crippen LogP contribution is -2.17. The molecule has 0 aliphatic heterocycles. The van der Waals surface area contributed by atoms with Crippen molar-refractivity contribution in [2.75, 3.05) is 0 Å². The van der Waals surface area contributed by atoms with Gasteiger partial charge < -0.3 is 9.63 Å². The van der Waals surface area contributed by atoms with Crippen LogP contribution in [0.4, 0.5) is 0 Å². The van der Waals surface area contributed by atoms with Crippen LogP contribution in [0.25, 0.3) is 17.2 Å². The summed E-state index contributed by atoms with van der Waals surface area (Å²) in [5, 5.41) is 26.4. The molecule has 3 heterocycles. The minimum Gasteiger partial charge on any atom is -0.386 e. The second kappa shape index (κ2) is 4.26. The molecule has 20 heavy (non-hydrogen) atoms. The van der Waals surface area contributed by atoms with Crippen molar-refractivity contribution in [3.63, 3.8) is 0 Å². The van der Waals surface area contributed by atoms with Crippen molar-refractivity contribution in [1.29, 1.82) is 0 Å². The summed E-state index contributed by atoms with van der Waals surface area (Å²) in [7, 11) is 0. The van der Waals surface area contributed by atoms with Crippen LogP contribution in [-0.4, -0.2) is 30.1 Å². The minimum absolute atomic E-state index is 0.186. The Kier molecular flexibility index (Phi) is 2.77. The van der Waals surface area contributed by atoms with E-state index in [1.165, 1.54) is 4.52 Å². The summed E-state index contributed by atoms with van der Waals surface area (Å²) >= 11 is 6.12. The van der Waals surface area contributed by atoms with Gasteiger partial charge in [-0.3, -0.25) is 0 Å². The van der Waals surface area contributed by atoms with Crippen LogP contribution in [0.2, 0.25) is 5.15 Å². The quantitative estimate of drug-likeness (QED) is 0.777. The first-order valence-electron chi connectivity index (χ1n) is 5.95. The number of hydrogen-bond acceptors (Lipinski definition) is 6. The van der Waals surface area contributed by atoms with Gasteiger partial charge >= 0.3 is 0 Å². The highest BCUT2D eigenvalue weighted by atomic mass is 35.5. The molecule has 0 saturated heterocycles. The molecule has 0 aliphatic carbocycles. The van der Waals surface area contributed by atoms with Gasteiger partial charge in [-0.05, 0) is 26.8 Å². The van der Waals surface area contributed by atoms with Gasteiger partial charge in [-0.25, -0.2) is 0 Å². The number of nitrogens with zero attached hydrogens (tertiary/aromatic N) is 5. The van der Waals surface area contributed by atoms with E-state index in [1.807, 2.05) is 0 Å². The highest BCUT2D eigenvalue weighted by Crippen LogP contribution is 2.28. The van der Waals surface area contributed by atoms with Crippen molar-refractivity contribution >= 4 is 17.2 Å². The van der Waals surface area contributed by atoms with Gasteiger partial charge in [0.25, 0.3) is 0 Å². The molecular formula is C12H12ClN5O2. The summed E-state index contributed by atoms with van der Waals surface area (Å²) in [5.41, 5.74) is 0.376. The normalized spacial score (nSPS) is 12.2. The molecule has 7 nitrogen and oxygen atoms in total. The average Bonchev–Trinajstić information content (AvgIpc) is 2.92. The van der Waals surface area contributed by atoms with E-state index in [0.29, 0.717) is 28.5 Å². The number of aryl methyl sites for hydroxylation is 1. The molecule has 0 saturated carbocycles. The van der Waals surface area contributed by atoms with Crippen LogP contribution in [0.3, 0.4) is 0 Å². The molecule has 0 aromatic carbocycles. The average molecular weight is 294 g/mol. The molecule has 0 amide bonds. The fraction of sp³-hybridized carbons (Fsp3) is 0.333. The summed E-state index contributed by atoms with van der Waals surface area (Å²) in [6, 6.07) is 3.38. The Labute approximate surface area is 119 Å². The van der Waals surface area contributed by atoms with Crippen molar-refractivity contribution in [2.45, 2.75) is 26.4 Å². The van der Waals surface area contributed by atoms with Gasteiger partial charge in [-0.15, -0.1) is 10.2 Å². The highest BCUT2D eigenvalue weighted by Gasteiger charge is 2.23. The van der Waals surface area contributed by atoms with E-state index >= 15 is 0 Å². The zero-order valence-corrected chi connectivity index (χ0v) is 11.9. The zero-order chi connectivity index (χ0) is 14.5. The maximum Gasteiger partial charge on any atom is 0.207 e. The second-order valence-corrected chi connectivity index (χ2v) is 5.38. The third-order valence-electron chi connectivity index (χ3n) is 2.86. The number of rotatable bonds is 2. The molecule has 104 valence electrons. The number of aliphatic hydroxyl groups is 1. The van der Waals surface area contributed by atoms with Gasteiger partial charge in [0.15, 0.2) is 16.5 Å². The fourth-order valence-electron chi connectivity index (χ4n) is 1.87. The third kappa shape index (κ3) is 2.04. The van der Waals surface area contributed by atoms with E-state index in [4.69, 9.17) is 16.1 Å². The standard InChI is InChI=1S/C12H12ClN5O2/c1-6-4-8(17-20-6)11-15-14-9-5-7(12(2,3)19)10(13)16-18(9)11/h4-5,19H,1-3H3. The lowest BCUT2D eigenvalue weighted by atomic mass is 10.0. The molecule has 0 radical (unpaired) electrons. The van der Waals surface area contributed by atoms with Crippen molar-refractivity contribution < 1.29 is 9.63 Å². The first-order chi connectivity index (χ1) is 9.36. The zero-order valence-electron chi connectivity index (χ0n) is 11.1. The molecule has 0 aliphatic rings. The van der Waals surface area contributed by atoms with Crippen molar-refractivity contribution in [3.05, 3.63) is 28.6 Å². The van der Waals surface area contributed by atoms with Crippen LogP contribution < -0.4 is 0 Å². The molecular weight excluding hydrogens is 282 g/mol. The molecule has 8 heteroatoms. The third-order valence-corrected chi connectivity index (χ3v) is 3.14. The van der Waals surface area contributed by atoms with E-state index in [2.05, 4.69) is 20.5 Å². The SMILES string of the molecule is Cc1cc(-c2nnc3cc(C(C)(C)O)c(Cl)nn23)no1. The summed E-state index contributed by atoms with van der Waals surface area (Å²) in [6.45, 7) is 5.04. The van der Waals surface area contributed by atoms with E-state index in [0.717, 1.165) is 0 Å². The van der Waals surface area contributed by atoms with Crippen LogP contribution in [-0.2, 0) is 5.60 Å². The predicted octanol–water partition coefficient (Wildman–Crippen LogP) is 1.97. The molecule has 0 fully saturated rings. The monoisotopic (exact) mass is 293 g/mol. The summed E-state index contributed by atoms with van der Waals surface area (Å²) in [4.78, 5) is 0. The number of hydrogen-bond donors (Lipinski definition) is 1. The molecule has 0 spiro atoms. The Morgan fingerprint density at radius 1 is 1.30 bits per heavy atom. The van der Waals surface area contributed by atoms with E-state index in [9.17, 15) is 5.11 Å². The number of halogens is 1. The summed E-state index contributed by atoms with van der Waals surface area (Å²) in [6.07, 6.45) is 0. The Morgan fingerprint density at radius 3 is 2.65 bits per heavy atom. The van der Waals surface area contributed by atoms with Gasteiger partial charge in [-0.1, -0.05) is 16.8 Å². The molecule has 0 bridgehead atoms. The number of fused-ring (bicyclic) bond motifs is 1. The predicted molar refractivity (Wildman–Crippen MR) is 71.3 cm³/mol. The van der Waals surface area contributed by atoms with Crippen LogP contribution >= 0.6 is 11.6 Å². The van der Waals surface area contributed by atoms with E-state index in [-0.39, 0.29) is 5.15 Å². The van der Waals surface area contributed by atoms with Gasteiger partial charge in [-0.2, -0.15) is 9.61 Å². The topological polar surface area (TPSA) is 89.3 Å². The Balaban J connectivity index is 2.22. The molecule has 0 unspecified atom stereocenters. The smallest absolute Gasteiger partial charge is 0.207 e. The Hall–Kier alpha value is -1.99. The van der Waals surface area contributed by atoms with Gasteiger partial charge in [0.05, 0.1) is 5.60 Å². The van der Waals surface area contributed by atoms with Crippen LogP contribution in [0.15, 0.2) is 16.7 Å². The van der Waals surface area contributed by atoms with Crippen LogP contribution in [0, 0.1) is 6.92 Å². The highest BCUT2D eigenvalue weighted by molar-refractivity contribution is 6.30. The largest absolute Gasteiger partial charge is 0.386 e. The van der Waals surface area contributed by atoms with Crippen LogP contribution in [0.1, 0.15) is 25.2 Å². The molecule has 0 atom stereocenters. The second-order valence-electron chi connectivity index (χ2n) is 5.02. The first-order valence-corrected chi connectivity index (χ1v) is 6.32. The lowest BCUT2D eigenvalue weighted by Gasteiger charge is -2.18. The van der Waals surface area contributed by atoms with Gasteiger partial charge in [0, 0.05) is 11.6 Å². The molecule has 3 aromatic heterocycles. The summed E-state index contributed by atoms with van der Waals surface area (Å²) < 4.78 is 6.48. The maximum absolute atomic E-state index is 10.0. The molecule has 3 rings (SSSR count). The lowest BCUT2D eigenvalue weighted by molar-refractivity contribution is 0.0782. The maximum atomic E-state index is 10.0. The first kappa shape index (κ1) is 13.0. The van der Waals surface area contributed by atoms with Crippen LogP contribution in [0.5, 0.6) is 0 Å². The summed E-state index contributed by atoms with van der Waals surface area (Å²) in [5.74, 6) is 1.09. The van der Waals surface area contributed by atoms with Crippen molar-refractivity contribution in [1.82, 2.24) is 25.0 Å².